The van der Waals surface area contributed by atoms with Gasteiger partial charge < -0.3 is 10.2 Å². The summed E-state index contributed by atoms with van der Waals surface area (Å²) in [5.74, 6) is -0.484. The van der Waals surface area contributed by atoms with E-state index in [1.54, 1.807) is 13.0 Å². The second-order valence-corrected chi connectivity index (χ2v) is 5.11. The van der Waals surface area contributed by atoms with Crippen LogP contribution in [0.1, 0.15) is 42.3 Å². The standard InChI is InChI=1S/C14H16O3/c1-7-5-10(15)12-8(2)13(17)11(16)6-9(12)14(7,3)4/h5-6,16-17H,1-4H3. The van der Waals surface area contributed by atoms with Crippen LogP contribution in [0.5, 0.6) is 11.5 Å². The van der Waals surface area contributed by atoms with Crippen molar-refractivity contribution in [2.75, 3.05) is 0 Å². The predicted molar refractivity (Wildman–Crippen MR) is 65.6 cm³/mol. The normalized spacial score (nSPS) is 17.6. The van der Waals surface area contributed by atoms with E-state index in [4.69, 9.17) is 0 Å². The third kappa shape index (κ3) is 1.46. The van der Waals surface area contributed by atoms with Crippen LogP contribution in [0.2, 0.25) is 0 Å². The summed E-state index contributed by atoms with van der Waals surface area (Å²) in [7, 11) is 0. The minimum Gasteiger partial charge on any atom is -0.504 e. The van der Waals surface area contributed by atoms with Gasteiger partial charge in [0.05, 0.1) is 0 Å². The second-order valence-electron chi connectivity index (χ2n) is 5.11. The lowest BCUT2D eigenvalue weighted by Crippen LogP contribution is -2.27. The molecule has 1 aromatic rings. The van der Waals surface area contributed by atoms with E-state index in [-0.39, 0.29) is 22.7 Å². The van der Waals surface area contributed by atoms with E-state index in [2.05, 4.69) is 0 Å². The highest BCUT2D eigenvalue weighted by Crippen LogP contribution is 2.44. The number of carbonyl (C=O) groups excluding carboxylic acids is 1. The van der Waals surface area contributed by atoms with Crippen molar-refractivity contribution in [1.82, 2.24) is 0 Å². The molecule has 0 spiro atoms. The van der Waals surface area contributed by atoms with Crippen molar-refractivity contribution in [3.63, 3.8) is 0 Å². The fraction of sp³-hybridized carbons (Fsp3) is 0.357. The first kappa shape index (κ1) is 11.7. The lowest BCUT2D eigenvalue weighted by molar-refractivity contribution is 0.103. The molecule has 0 unspecified atom stereocenters. The van der Waals surface area contributed by atoms with Gasteiger partial charge in [0, 0.05) is 16.5 Å². The summed E-state index contributed by atoms with van der Waals surface area (Å²) in [5.41, 5.74) is 2.38. The Morgan fingerprint density at radius 3 is 2.35 bits per heavy atom. The van der Waals surface area contributed by atoms with Gasteiger partial charge in [-0.15, -0.1) is 0 Å². The van der Waals surface area contributed by atoms with Gasteiger partial charge in [-0.2, -0.15) is 0 Å². The molecule has 0 atom stereocenters. The number of allylic oxidation sites excluding steroid dienone is 2. The van der Waals surface area contributed by atoms with Crippen LogP contribution >= 0.6 is 0 Å². The fourth-order valence-corrected chi connectivity index (χ4v) is 2.26. The molecule has 0 bridgehead atoms. The largest absolute Gasteiger partial charge is 0.504 e. The van der Waals surface area contributed by atoms with Gasteiger partial charge in [-0.25, -0.2) is 0 Å². The molecule has 0 aliphatic heterocycles. The summed E-state index contributed by atoms with van der Waals surface area (Å²) in [6.07, 6.45) is 1.60. The van der Waals surface area contributed by atoms with E-state index >= 15 is 0 Å². The first-order valence-electron chi connectivity index (χ1n) is 5.56. The van der Waals surface area contributed by atoms with Crippen LogP contribution in [0.4, 0.5) is 0 Å². The maximum Gasteiger partial charge on any atom is 0.186 e. The van der Waals surface area contributed by atoms with Gasteiger partial charge in [0.15, 0.2) is 17.3 Å². The van der Waals surface area contributed by atoms with E-state index in [9.17, 15) is 15.0 Å². The van der Waals surface area contributed by atoms with Crippen molar-refractivity contribution in [3.05, 3.63) is 34.4 Å². The first-order chi connectivity index (χ1) is 7.76. The topological polar surface area (TPSA) is 57.5 Å². The number of ketones is 1. The molecule has 3 heteroatoms. The molecule has 0 fully saturated rings. The van der Waals surface area contributed by atoms with E-state index in [1.165, 1.54) is 6.07 Å². The molecule has 17 heavy (non-hydrogen) atoms. The Labute approximate surface area is 100 Å². The van der Waals surface area contributed by atoms with Crippen LogP contribution < -0.4 is 0 Å². The Bertz CT molecular complexity index is 551. The minimum absolute atomic E-state index is 0.107. The van der Waals surface area contributed by atoms with Gasteiger partial charge in [0.25, 0.3) is 0 Å². The average molecular weight is 232 g/mol. The molecule has 0 heterocycles. The second kappa shape index (κ2) is 3.36. The predicted octanol–water partition coefficient (Wildman–Crippen LogP) is 2.83. The van der Waals surface area contributed by atoms with Crippen molar-refractivity contribution in [2.24, 2.45) is 0 Å². The zero-order chi connectivity index (χ0) is 13.0. The minimum atomic E-state index is -0.306. The Hall–Kier alpha value is -1.77. The van der Waals surface area contributed by atoms with Crippen LogP contribution in [0.3, 0.4) is 0 Å². The van der Waals surface area contributed by atoms with Crippen molar-refractivity contribution in [1.29, 1.82) is 0 Å². The summed E-state index contributed by atoms with van der Waals surface area (Å²) in [6.45, 7) is 7.55. The number of carbonyl (C=O) groups is 1. The van der Waals surface area contributed by atoms with Gasteiger partial charge in [-0.1, -0.05) is 19.4 Å². The zero-order valence-corrected chi connectivity index (χ0v) is 10.5. The number of hydrogen-bond acceptors (Lipinski definition) is 3. The summed E-state index contributed by atoms with van der Waals surface area (Å²) >= 11 is 0. The molecule has 3 nitrogen and oxygen atoms in total. The molecule has 1 aliphatic carbocycles. The monoisotopic (exact) mass is 232 g/mol. The summed E-state index contributed by atoms with van der Waals surface area (Å²) in [6, 6.07) is 1.49. The zero-order valence-electron chi connectivity index (χ0n) is 10.5. The van der Waals surface area contributed by atoms with E-state index in [0.717, 1.165) is 11.1 Å². The van der Waals surface area contributed by atoms with Crippen molar-refractivity contribution >= 4 is 5.78 Å². The van der Waals surface area contributed by atoms with Crippen molar-refractivity contribution in [3.8, 4) is 11.5 Å². The van der Waals surface area contributed by atoms with Crippen molar-refractivity contribution in [2.45, 2.75) is 33.1 Å². The highest BCUT2D eigenvalue weighted by atomic mass is 16.3. The number of rotatable bonds is 0. The molecule has 1 aliphatic rings. The number of phenolic OH excluding ortho intramolecular Hbond substituents is 2. The van der Waals surface area contributed by atoms with Gasteiger partial charge in [0.1, 0.15) is 0 Å². The molecule has 0 saturated heterocycles. The Morgan fingerprint density at radius 2 is 1.76 bits per heavy atom. The SMILES string of the molecule is CC1=CC(=O)c2c(cc(O)c(O)c2C)C1(C)C. The number of phenols is 2. The maximum absolute atomic E-state index is 12.0. The van der Waals surface area contributed by atoms with Gasteiger partial charge in [-0.05, 0) is 31.6 Å². The van der Waals surface area contributed by atoms with Crippen LogP contribution in [0.15, 0.2) is 17.7 Å². The average Bonchev–Trinajstić information content (AvgIpc) is 2.23. The molecule has 0 amide bonds. The molecular formula is C14H16O3. The fourth-order valence-electron chi connectivity index (χ4n) is 2.26. The molecular weight excluding hydrogens is 216 g/mol. The third-order valence-electron chi connectivity index (χ3n) is 3.78. The number of fused-ring (bicyclic) bond motifs is 1. The molecule has 90 valence electrons. The molecule has 2 rings (SSSR count). The molecule has 0 saturated carbocycles. The van der Waals surface area contributed by atoms with Gasteiger partial charge in [0.2, 0.25) is 0 Å². The van der Waals surface area contributed by atoms with Crippen LogP contribution in [-0.2, 0) is 5.41 Å². The number of hydrogen-bond donors (Lipinski definition) is 2. The van der Waals surface area contributed by atoms with Gasteiger partial charge >= 0.3 is 0 Å². The van der Waals surface area contributed by atoms with Crippen molar-refractivity contribution < 1.29 is 15.0 Å². The highest BCUT2D eigenvalue weighted by molar-refractivity contribution is 6.09. The van der Waals surface area contributed by atoms with E-state index in [1.807, 2.05) is 20.8 Å². The third-order valence-corrected chi connectivity index (χ3v) is 3.78. The number of aromatic hydroxyl groups is 2. The van der Waals surface area contributed by atoms with E-state index < -0.39 is 0 Å². The van der Waals surface area contributed by atoms with Gasteiger partial charge in [-0.3, -0.25) is 4.79 Å². The maximum atomic E-state index is 12.0. The summed E-state index contributed by atoms with van der Waals surface area (Å²) in [5, 5.41) is 19.4. The Morgan fingerprint density at radius 1 is 1.18 bits per heavy atom. The van der Waals surface area contributed by atoms with Crippen LogP contribution in [0.25, 0.3) is 0 Å². The molecule has 0 radical (unpaired) electrons. The molecule has 1 aromatic carbocycles. The molecule has 0 aromatic heterocycles. The smallest absolute Gasteiger partial charge is 0.186 e. The lowest BCUT2D eigenvalue weighted by atomic mass is 9.70. The quantitative estimate of drug-likeness (QED) is 0.676. The summed E-state index contributed by atoms with van der Waals surface area (Å²) < 4.78 is 0. The highest BCUT2D eigenvalue weighted by Gasteiger charge is 2.34. The van der Waals surface area contributed by atoms with E-state index in [0.29, 0.717) is 11.1 Å². The van der Waals surface area contributed by atoms with Crippen LogP contribution in [-0.4, -0.2) is 16.0 Å². The summed E-state index contributed by atoms with van der Waals surface area (Å²) in [4.78, 5) is 12.0. The molecule has 2 N–H and O–H groups in total. The first-order valence-corrected chi connectivity index (χ1v) is 5.56. The number of benzene rings is 1. The Balaban J connectivity index is 2.86. The van der Waals surface area contributed by atoms with Crippen LogP contribution in [0, 0.1) is 6.92 Å². The lowest BCUT2D eigenvalue weighted by Gasteiger charge is -2.33. The Kier molecular flexibility index (Phi) is 2.31.